The Morgan fingerprint density at radius 3 is 2.74 bits per heavy atom. The van der Waals surface area contributed by atoms with Gasteiger partial charge in [-0.3, -0.25) is 9.41 Å². The Labute approximate surface area is 138 Å². The van der Waals surface area contributed by atoms with E-state index in [1.807, 2.05) is 30.3 Å². The van der Waals surface area contributed by atoms with Crippen LogP contribution in [0, 0.1) is 6.57 Å². The predicted molar refractivity (Wildman–Crippen MR) is 88.0 cm³/mol. The molecule has 1 aromatic heterocycles. The molecule has 5 nitrogen and oxygen atoms in total. The number of rotatable bonds is 5. The van der Waals surface area contributed by atoms with Crippen molar-refractivity contribution in [2.75, 3.05) is 0 Å². The van der Waals surface area contributed by atoms with E-state index in [0.29, 0.717) is 34.2 Å². The molecule has 0 amide bonds. The Morgan fingerprint density at radius 2 is 2.04 bits per heavy atom. The fraction of sp³-hybridized carbons (Fsp3) is 0.176. The summed E-state index contributed by atoms with van der Waals surface area (Å²) in [5, 5.41) is 9.83. The minimum Gasteiger partial charge on any atom is -0.487 e. The van der Waals surface area contributed by atoms with Gasteiger partial charge in [-0.15, -0.1) is 0 Å². The number of hydrogen-bond acceptors (Lipinski definition) is 3. The average molecular weight is 328 g/mol. The van der Waals surface area contributed by atoms with Gasteiger partial charge in [-0.1, -0.05) is 41.9 Å². The van der Waals surface area contributed by atoms with Crippen LogP contribution in [0.2, 0.25) is 5.02 Å². The van der Waals surface area contributed by atoms with Crippen molar-refractivity contribution in [1.82, 2.24) is 9.55 Å². The number of imidazole rings is 1. The summed E-state index contributed by atoms with van der Waals surface area (Å²) in [7, 11) is 0. The zero-order chi connectivity index (χ0) is 16.2. The lowest BCUT2D eigenvalue weighted by Crippen LogP contribution is -2.01. The second-order valence-corrected chi connectivity index (χ2v) is 5.37. The maximum Gasteiger partial charge on any atom is 0.294 e. The molecule has 3 aromatic rings. The number of nitrogens with zero attached hydrogens (tertiary/aromatic N) is 3. The lowest BCUT2D eigenvalue weighted by Gasteiger charge is -2.08. The molecule has 0 aliphatic carbocycles. The topological polar surface area (TPSA) is 51.6 Å². The highest BCUT2D eigenvalue weighted by Gasteiger charge is 2.15. The van der Waals surface area contributed by atoms with E-state index in [9.17, 15) is 5.11 Å². The number of aliphatic hydroxyl groups is 1. The largest absolute Gasteiger partial charge is 0.487 e. The van der Waals surface area contributed by atoms with Crippen LogP contribution in [0.3, 0.4) is 0 Å². The lowest BCUT2D eigenvalue weighted by molar-refractivity contribution is 0.267. The van der Waals surface area contributed by atoms with Crippen LogP contribution in [0.15, 0.2) is 42.5 Å². The number of halogens is 1. The van der Waals surface area contributed by atoms with Crippen molar-refractivity contribution in [3.63, 3.8) is 0 Å². The van der Waals surface area contributed by atoms with Gasteiger partial charge in [0.15, 0.2) is 0 Å². The molecule has 0 saturated carbocycles. The maximum absolute atomic E-state index is 9.39. The highest BCUT2D eigenvalue weighted by Crippen LogP contribution is 2.31. The first-order valence-corrected chi connectivity index (χ1v) is 7.40. The molecule has 0 radical (unpaired) electrons. The second-order valence-electron chi connectivity index (χ2n) is 4.96. The fourth-order valence-electron chi connectivity index (χ4n) is 2.37. The molecule has 2 aromatic carbocycles. The van der Waals surface area contributed by atoms with Gasteiger partial charge in [-0.25, -0.2) is 11.6 Å². The minimum atomic E-state index is -0.234. The van der Waals surface area contributed by atoms with Crippen LogP contribution in [0.5, 0.6) is 5.75 Å². The Kier molecular flexibility index (Phi) is 4.47. The molecule has 0 saturated heterocycles. The van der Waals surface area contributed by atoms with E-state index in [1.54, 1.807) is 16.7 Å². The lowest BCUT2D eigenvalue weighted by atomic mass is 10.2. The molecular weight excluding hydrogens is 314 g/mol. The SMILES string of the molecule is [C-]#[N+]Cn1c(CO)nc2cc(OCc3ccccc3)c(Cl)cc21. The predicted octanol–water partition coefficient (Wildman–Crippen LogP) is 3.64. The molecule has 23 heavy (non-hydrogen) atoms. The Morgan fingerprint density at radius 1 is 1.26 bits per heavy atom. The summed E-state index contributed by atoms with van der Waals surface area (Å²) in [6, 6.07) is 13.2. The van der Waals surface area contributed by atoms with E-state index in [1.165, 1.54) is 0 Å². The van der Waals surface area contributed by atoms with Crippen LogP contribution in [-0.4, -0.2) is 14.7 Å². The molecule has 0 bridgehead atoms. The first-order valence-electron chi connectivity index (χ1n) is 7.02. The van der Waals surface area contributed by atoms with Crippen LogP contribution >= 0.6 is 11.6 Å². The highest BCUT2D eigenvalue weighted by molar-refractivity contribution is 6.32. The zero-order valence-corrected chi connectivity index (χ0v) is 13.0. The van der Waals surface area contributed by atoms with Crippen LogP contribution in [0.1, 0.15) is 11.4 Å². The van der Waals surface area contributed by atoms with Crippen LogP contribution in [0.25, 0.3) is 15.9 Å². The van der Waals surface area contributed by atoms with Crippen LogP contribution < -0.4 is 4.74 Å². The van der Waals surface area contributed by atoms with Gasteiger partial charge in [-0.05, 0) is 11.6 Å². The zero-order valence-electron chi connectivity index (χ0n) is 12.2. The number of aromatic nitrogens is 2. The van der Waals surface area contributed by atoms with Gasteiger partial charge >= 0.3 is 0 Å². The fourth-order valence-corrected chi connectivity index (χ4v) is 2.58. The van der Waals surface area contributed by atoms with Gasteiger partial charge < -0.3 is 9.84 Å². The molecule has 1 N–H and O–H groups in total. The quantitative estimate of drug-likeness (QED) is 0.728. The first kappa shape index (κ1) is 15.3. The van der Waals surface area contributed by atoms with E-state index >= 15 is 0 Å². The summed E-state index contributed by atoms with van der Waals surface area (Å²) >= 11 is 6.29. The van der Waals surface area contributed by atoms with Gasteiger partial charge in [0, 0.05) is 6.07 Å². The molecular formula is C17H14ClN3O2. The molecule has 1 heterocycles. The number of ether oxygens (including phenoxy) is 1. The molecule has 0 aliphatic rings. The van der Waals surface area contributed by atoms with Crippen molar-refractivity contribution < 1.29 is 9.84 Å². The molecule has 6 heteroatoms. The Balaban J connectivity index is 1.93. The summed E-state index contributed by atoms with van der Waals surface area (Å²) < 4.78 is 7.42. The smallest absolute Gasteiger partial charge is 0.294 e. The highest BCUT2D eigenvalue weighted by atomic mass is 35.5. The van der Waals surface area contributed by atoms with Gasteiger partial charge in [0.1, 0.15) is 24.8 Å². The third-order valence-electron chi connectivity index (χ3n) is 3.47. The third-order valence-corrected chi connectivity index (χ3v) is 3.77. The first-order chi connectivity index (χ1) is 11.2. The third kappa shape index (κ3) is 3.14. The summed E-state index contributed by atoms with van der Waals surface area (Å²) in [5.41, 5.74) is 2.39. The van der Waals surface area contributed by atoms with E-state index in [4.69, 9.17) is 22.9 Å². The number of hydrogen-bond donors (Lipinski definition) is 1. The second kappa shape index (κ2) is 6.69. The molecule has 0 unspecified atom stereocenters. The average Bonchev–Trinajstić information content (AvgIpc) is 2.91. The van der Waals surface area contributed by atoms with E-state index in [2.05, 4.69) is 9.83 Å². The molecule has 0 fully saturated rings. The van der Waals surface area contributed by atoms with E-state index in [0.717, 1.165) is 5.56 Å². The molecule has 116 valence electrons. The summed E-state index contributed by atoms with van der Waals surface area (Å²) in [6.45, 7) is 7.28. The normalized spacial score (nSPS) is 10.7. The minimum absolute atomic E-state index is 0.0902. The Bertz CT molecular complexity index is 869. The monoisotopic (exact) mass is 327 g/mol. The summed E-state index contributed by atoms with van der Waals surface area (Å²) in [6.07, 6.45) is 0. The van der Waals surface area contributed by atoms with Crippen molar-refractivity contribution in [2.24, 2.45) is 0 Å². The van der Waals surface area contributed by atoms with Crippen molar-refractivity contribution >= 4 is 22.6 Å². The van der Waals surface area contributed by atoms with Gasteiger partial charge in [0.05, 0.1) is 16.1 Å². The van der Waals surface area contributed by atoms with E-state index in [-0.39, 0.29) is 13.3 Å². The molecule has 0 aliphatic heterocycles. The van der Waals surface area contributed by atoms with Crippen molar-refractivity contribution in [1.29, 1.82) is 0 Å². The van der Waals surface area contributed by atoms with Crippen LogP contribution in [0.4, 0.5) is 0 Å². The molecule has 0 spiro atoms. The van der Waals surface area contributed by atoms with Crippen LogP contribution in [-0.2, 0) is 19.9 Å². The van der Waals surface area contributed by atoms with Gasteiger partial charge in [0.25, 0.3) is 6.67 Å². The Hall–Kier alpha value is -2.55. The van der Waals surface area contributed by atoms with Gasteiger partial charge in [-0.2, -0.15) is 0 Å². The number of benzene rings is 2. The van der Waals surface area contributed by atoms with E-state index < -0.39 is 0 Å². The molecule has 3 rings (SSSR count). The molecule has 0 atom stereocenters. The van der Waals surface area contributed by atoms with Crippen molar-refractivity contribution in [2.45, 2.75) is 19.9 Å². The van der Waals surface area contributed by atoms with Crippen molar-refractivity contribution in [3.05, 3.63) is 70.3 Å². The standard InChI is InChI=1S/C17H14ClN3O2/c1-19-11-21-15-7-13(18)16(8-14(15)20-17(21)9-22)23-10-12-5-3-2-4-6-12/h2-8,22H,9-11H2. The van der Waals surface area contributed by atoms with Crippen molar-refractivity contribution in [3.8, 4) is 5.75 Å². The summed E-state index contributed by atoms with van der Waals surface area (Å²) in [4.78, 5) is 7.69. The summed E-state index contributed by atoms with van der Waals surface area (Å²) in [5.74, 6) is 0.965. The number of aliphatic hydroxyl groups excluding tert-OH is 1. The van der Waals surface area contributed by atoms with Gasteiger partial charge in [0.2, 0.25) is 0 Å². The number of fused-ring (bicyclic) bond motifs is 1. The maximum atomic E-state index is 9.39.